The van der Waals surface area contributed by atoms with Crippen LogP contribution in [-0.2, 0) is 22.4 Å². The van der Waals surface area contributed by atoms with E-state index in [-0.39, 0.29) is 18.9 Å². The first-order valence-electron chi connectivity index (χ1n) is 9.53. The summed E-state index contributed by atoms with van der Waals surface area (Å²) in [4.78, 5) is 25.5. The van der Waals surface area contributed by atoms with Gasteiger partial charge in [-0.25, -0.2) is 5.43 Å². The number of hydrogen-bond donors (Lipinski definition) is 2. The van der Waals surface area contributed by atoms with Gasteiger partial charge in [0.1, 0.15) is 5.75 Å². The van der Waals surface area contributed by atoms with Gasteiger partial charge in [0.15, 0.2) is 0 Å². The molecule has 3 rings (SSSR count). The standard InChI is InChI=1S/C22H25N3O4/c1-15(17-9-10-20(29-2)18(12-17)13-22(27)28)23-24-21(26)14-25-11-5-7-16-6-3-4-8-19(16)25/h3-4,6,8-10,12H,5,7,11,13-14H2,1-2H3,(H,24,26)(H,27,28)/b23-15-. The van der Waals surface area contributed by atoms with E-state index in [1.165, 1.54) is 12.7 Å². The van der Waals surface area contributed by atoms with Gasteiger partial charge in [-0.15, -0.1) is 0 Å². The summed E-state index contributed by atoms with van der Waals surface area (Å²) in [6.45, 7) is 2.84. The average Bonchev–Trinajstić information content (AvgIpc) is 2.72. The van der Waals surface area contributed by atoms with E-state index < -0.39 is 5.97 Å². The molecule has 2 aromatic rings. The predicted octanol–water partition coefficient (Wildman–Crippen LogP) is 2.62. The largest absolute Gasteiger partial charge is 0.496 e. The fraction of sp³-hybridized carbons (Fsp3) is 0.318. The summed E-state index contributed by atoms with van der Waals surface area (Å²) in [5.41, 5.74) is 6.84. The molecule has 0 atom stereocenters. The summed E-state index contributed by atoms with van der Waals surface area (Å²) in [5, 5.41) is 13.3. The average molecular weight is 395 g/mol. The van der Waals surface area contributed by atoms with Crippen LogP contribution < -0.4 is 15.1 Å². The van der Waals surface area contributed by atoms with Gasteiger partial charge in [0.25, 0.3) is 5.91 Å². The minimum Gasteiger partial charge on any atom is -0.496 e. The number of benzene rings is 2. The van der Waals surface area contributed by atoms with E-state index in [0.29, 0.717) is 17.0 Å². The maximum Gasteiger partial charge on any atom is 0.307 e. The Morgan fingerprint density at radius 3 is 2.79 bits per heavy atom. The molecule has 1 aliphatic heterocycles. The quantitative estimate of drug-likeness (QED) is 0.555. The van der Waals surface area contributed by atoms with Gasteiger partial charge < -0.3 is 14.7 Å². The molecule has 0 saturated heterocycles. The fourth-order valence-corrected chi connectivity index (χ4v) is 3.50. The van der Waals surface area contributed by atoms with Crippen molar-refractivity contribution >= 4 is 23.3 Å². The van der Waals surface area contributed by atoms with Crippen molar-refractivity contribution in [1.82, 2.24) is 5.43 Å². The van der Waals surface area contributed by atoms with Crippen LogP contribution in [0.15, 0.2) is 47.6 Å². The maximum absolute atomic E-state index is 12.4. The number of hydrazone groups is 1. The normalized spacial score (nSPS) is 13.6. The number of carboxylic acids is 1. The zero-order chi connectivity index (χ0) is 20.8. The van der Waals surface area contributed by atoms with Crippen LogP contribution in [0, 0.1) is 0 Å². The number of para-hydroxylation sites is 1. The van der Waals surface area contributed by atoms with Gasteiger partial charge in [-0.2, -0.15) is 5.10 Å². The second kappa shape index (κ2) is 9.23. The lowest BCUT2D eigenvalue weighted by atomic mass is 10.0. The molecule has 2 aromatic carbocycles. The number of aryl methyl sites for hydroxylation is 1. The Morgan fingerprint density at radius 1 is 1.24 bits per heavy atom. The molecule has 0 unspecified atom stereocenters. The van der Waals surface area contributed by atoms with Gasteiger partial charge >= 0.3 is 5.97 Å². The highest BCUT2D eigenvalue weighted by Gasteiger charge is 2.18. The number of ether oxygens (including phenoxy) is 1. The number of rotatable bonds is 7. The van der Waals surface area contributed by atoms with Gasteiger partial charge in [0, 0.05) is 17.8 Å². The Morgan fingerprint density at radius 2 is 2.03 bits per heavy atom. The van der Waals surface area contributed by atoms with Crippen molar-refractivity contribution in [2.45, 2.75) is 26.2 Å². The molecule has 0 aromatic heterocycles. The molecule has 0 fully saturated rings. The number of anilines is 1. The molecule has 1 aliphatic rings. The fourth-order valence-electron chi connectivity index (χ4n) is 3.50. The summed E-state index contributed by atoms with van der Waals surface area (Å²) >= 11 is 0. The highest BCUT2D eigenvalue weighted by atomic mass is 16.5. The molecule has 2 N–H and O–H groups in total. The Balaban J connectivity index is 1.67. The summed E-state index contributed by atoms with van der Waals surface area (Å²) < 4.78 is 5.21. The molecule has 1 heterocycles. The molecule has 29 heavy (non-hydrogen) atoms. The van der Waals surface area contributed by atoms with Crippen molar-refractivity contribution in [3.8, 4) is 5.75 Å². The topological polar surface area (TPSA) is 91.2 Å². The number of nitrogens with zero attached hydrogens (tertiary/aromatic N) is 2. The van der Waals surface area contributed by atoms with E-state index in [9.17, 15) is 9.59 Å². The zero-order valence-corrected chi connectivity index (χ0v) is 16.6. The number of carbonyl (C=O) groups is 2. The number of carbonyl (C=O) groups excluding carboxylic acids is 1. The van der Waals surface area contributed by atoms with Crippen LogP contribution in [0.25, 0.3) is 0 Å². The van der Waals surface area contributed by atoms with Crippen molar-refractivity contribution in [3.05, 3.63) is 59.2 Å². The molecule has 1 amide bonds. The van der Waals surface area contributed by atoms with Crippen LogP contribution in [0.1, 0.15) is 30.0 Å². The van der Waals surface area contributed by atoms with Crippen LogP contribution in [0.4, 0.5) is 5.69 Å². The first kappa shape index (κ1) is 20.4. The SMILES string of the molecule is COc1ccc(/C(C)=N\NC(=O)CN2CCCc3ccccc32)cc1CC(=O)O. The van der Waals surface area contributed by atoms with E-state index in [0.717, 1.165) is 30.6 Å². The number of methoxy groups -OCH3 is 1. The van der Waals surface area contributed by atoms with E-state index in [1.807, 2.05) is 18.2 Å². The monoisotopic (exact) mass is 395 g/mol. The summed E-state index contributed by atoms with van der Waals surface area (Å²) in [5.74, 6) is -0.623. The van der Waals surface area contributed by atoms with Crippen molar-refractivity contribution in [3.63, 3.8) is 0 Å². The number of fused-ring (bicyclic) bond motifs is 1. The predicted molar refractivity (Wildman–Crippen MR) is 112 cm³/mol. The summed E-state index contributed by atoms with van der Waals surface area (Å²) in [6, 6.07) is 13.4. The summed E-state index contributed by atoms with van der Waals surface area (Å²) in [7, 11) is 1.50. The third-order valence-corrected chi connectivity index (χ3v) is 4.93. The first-order valence-corrected chi connectivity index (χ1v) is 9.53. The minimum atomic E-state index is -0.940. The van der Waals surface area contributed by atoms with E-state index >= 15 is 0 Å². The molecule has 0 bridgehead atoms. The van der Waals surface area contributed by atoms with Crippen molar-refractivity contribution in [2.75, 3.05) is 25.1 Å². The Bertz CT molecular complexity index is 939. The minimum absolute atomic E-state index is 0.148. The van der Waals surface area contributed by atoms with Gasteiger partial charge in [0.05, 0.1) is 25.8 Å². The molecule has 152 valence electrons. The van der Waals surface area contributed by atoms with Crippen molar-refractivity contribution in [2.24, 2.45) is 5.10 Å². The second-order valence-electron chi connectivity index (χ2n) is 6.98. The summed E-state index contributed by atoms with van der Waals surface area (Å²) in [6.07, 6.45) is 1.90. The van der Waals surface area contributed by atoms with E-state index in [1.54, 1.807) is 25.1 Å². The number of nitrogens with one attached hydrogen (secondary N) is 1. The highest BCUT2D eigenvalue weighted by Crippen LogP contribution is 2.26. The number of aliphatic carboxylic acids is 1. The molecular weight excluding hydrogens is 370 g/mol. The van der Waals surface area contributed by atoms with Crippen LogP contribution in [-0.4, -0.2) is 42.9 Å². The lowest BCUT2D eigenvalue weighted by Crippen LogP contribution is -2.38. The Labute approximate surface area is 170 Å². The van der Waals surface area contributed by atoms with Crippen molar-refractivity contribution < 1.29 is 19.4 Å². The molecular formula is C22H25N3O4. The van der Waals surface area contributed by atoms with Crippen LogP contribution >= 0.6 is 0 Å². The first-order chi connectivity index (χ1) is 14.0. The van der Waals surface area contributed by atoms with E-state index in [4.69, 9.17) is 9.84 Å². The molecule has 0 saturated carbocycles. The second-order valence-corrected chi connectivity index (χ2v) is 6.98. The van der Waals surface area contributed by atoms with Gasteiger partial charge in [-0.05, 0) is 55.2 Å². The number of carboxylic acid groups (broad SMARTS) is 1. The Hall–Kier alpha value is -3.35. The highest BCUT2D eigenvalue weighted by molar-refractivity contribution is 6.00. The lowest BCUT2D eigenvalue weighted by Gasteiger charge is -2.30. The van der Waals surface area contributed by atoms with Gasteiger partial charge in [0.2, 0.25) is 0 Å². The number of amides is 1. The van der Waals surface area contributed by atoms with Crippen LogP contribution in [0.3, 0.4) is 0 Å². The smallest absolute Gasteiger partial charge is 0.307 e. The third kappa shape index (κ3) is 5.13. The van der Waals surface area contributed by atoms with Gasteiger partial charge in [-0.3, -0.25) is 9.59 Å². The lowest BCUT2D eigenvalue weighted by molar-refractivity contribution is -0.136. The molecule has 0 aliphatic carbocycles. The molecule has 7 heteroatoms. The molecule has 0 radical (unpaired) electrons. The number of hydrogen-bond acceptors (Lipinski definition) is 5. The Kier molecular flexibility index (Phi) is 6.49. The third-order valence-electron chi connectivity index (χ3n) is 4.93. The van der Waals surface area contributed by atoms with Gasteiger partial charge in [-0.1, -0.05) is 18.2 Å². The zero-order valence-electron chi connectivity index (χ0n) is 16.6. The van der Waals surface area contributed by atoms with E-state index in [2.05, 4.69) is 21.5 Å². The molecule has 0 spiro atoms. The van der Waals surface area contributed by atoms with Crippen LogP contribution in [0.2, 0.25) is 0 Å². The van der Waals surface area contributed by atoms with Crippen molar-refractivity contribution in [1.29, 1.82) is 0 Å². The molecule has 7 nitrogen and oxygen atoms in total. The van der Waals surface area contributed by atoms with Crippen LogP contribution in [0.5, 0.6) is 5.75 Å². The maximum atomic E-state index is 12.4.